The number of nitrogens with one attached hydrogen (secondary N) is 2. The van der Waals surface area contributed by atoms with Crippen molar-refractivity contribution < 1.29 is 18.7 Å². The highest BCUT2D eigenvalue weighted by Gasteiger charge is 2.13. The average Bonchev–Trinajstić information content (AvgIpc) is 3.12. The van der Waals surface area contributed by atoms with Gasteiger partial charge in [-0.3, -0.25) is 9.59 Å². The fourth-order valence-corrected chi connectivity index (χ4v) is 2.78. The molecule has 140 valence electrons. The molecule has 0 fully saturated rings. The first-order chi connectivity index (χ1) is 13.7. The molecular weight excluding hydrogens is 360 g/mol. The van der Waals surface area contributed by atoms with Crippen molar-refractivity contribution in [2.45, 2.75) is 0 Å². The summed E-state index contributed by atoms with van der Waals surface area (Å²) in [6, 6.07) is 14.4. The summed E-state index contributed by atoms with van der Waals surface area (Å²) < 4.78 is 10.4. The van der Waals surface area contributed by atoms with E-state index in [9.17, 15) is 9.59 Å². The molecule has 1 amide bonds. The first-order valence-corrected chi connectivity index (χ1v) is 8.50. The maximum atomic E-state index is 12.0. The molecular formula is C20H16N4O4. The van der Waals surface area contributed by atoms with E-state index in [1.165, 1.54) is 13.4 Å². The lowest BCUT2D eigenvalue weighted by atomic mass is 10.2. The zero-order valence-electron chi connectivity index (χ0n) is 14.9. The van der Waals surface area contributed by atoms with E-state index in [1.807, 2.05) is 24.3 Å². The molecule has 2 N–H and O–H groups in total. The van der Waals surface area contributed by atoms with Crippen LogP contribution < -0.4 is 10.6 Å². The molecule has 0 bridgehead atoms. The summed E-state index contributed by atoms with van der Waals surface area (Å²) >= 11 is 0. The van der Waals surface area contributed by atoms with Crippen LogP contribution in [0.2, 0.25) is 0 Å². The van der Waals surface area contributed by atoms with Gasteiger partial charge in [-0.15, -0.1) is 0 Å². The number of ether oxygens (including phenoxy) is 1. The van der Waals surface area contributed by atoms with Gasteiger partial charge < -0.3 is 19.8 Å². The van der Waals surface area contributed by atoms with Crippen molar-refractivity contribution >= 4 is 45.5 Å². The second kappa shape index (κ2) is 7.36. The number of nitrogens with zero attached hydrogens (tertiary/aromatic N) is 2. The number of para-hydroxylation sites is 1. The first-order valence-electron chi connectivity index (χ1n) is 8.50. The Labute approximate surface area is 159 Å². The first kappa shape index (κ1) is 17.5. The molecule has 4 rings (SSSR count). The molecule has 8 nitrogen and oxygen atoms in total. The van der Waals surface area contributed by atoms with Gasteiger partial charge in [0.15, 0.2) is 11.4 Å². The summed E-state index contributed by atoms with van der Waals surface area (Å²) in [6.07, 6.45) is 1.47. The second-order valence-electron chi connectivity index (χ2n) is 5.96. The van der Waals surface area contributed by atoms with Gasteiger partial charge in [0.05, 0.1) is 7.11 Å². The molecule has 0 saturated heterocycles. The van der Waals surface area contributed by atoms with Crippen LogP contribution in [0, 0.1) is 0 Å². The Bertz CT molecular complexity index is 1170. The molecule has 2 heterocycles. The van der Waals surface area contributed by atoms with Gasteiger partial charge in [0.2, 0.25) is 0 Å². The zero-order valence-corrected chi connectivity index (χ0v) is 14.9. The number of furan rings is 1. The van der Waals surface area contributed by atoms with Gasteiger partial charge in [-0.25, -0.2) is 9.97 Å². The molecule has 0 atom stereocenters. The Balaban J connectivity index is 1.55. The Morgan fingerprint density at radius 3 is 2.64 bits per heavy atom. The summed E-state index contributed by atoms with van der Waals surface area (Å²) in [5.74, 6) is -0.340. The SMILES string of the molecule is COC(=O)CNC(=O)c1ccc(Nc2ncnc3c2oc2ccccc23)cc1. The maximum Gasteiger partial charge on any atom is 0.325 e. The largest absolute Gasteiger partial charge is 0.468 e. The van der Waals surface area contributed by atoms with Gasteiger partial charge in [-0.1, -0.05) is 12.1 Å². The summed E-state index contributed by atoms with van der Waals surface area (Å²) in [6.45, 7) is -0.180. The van der Waals surface area contributed by atoms with Crippen molar-refractivity contribution in [3.05, 3.63) is 60.4 Å². The van der Waals surface area contributed by atoms with E-state index in [0.717, 1.165) is 22.2 Å². The van der Waals surface area contributed by atoms with E-state index in [4.69, 9.17) is 4.42 Å². The van der Waals surface area contributed by atoms with Crippen LogP contribution in [0.15, 0.2) is 59.3 Å². The minimum atomic E-state index is -0.509. The van der Waals surface area contributed by atoms with Crippen LogP contribution in [0.3, 0.4) is 0 Å². The van der Waals surface area contributed by atoms with E-state index in [-0.39, 0.29) is 12.5 Å². The lowest BCUT2D eigenvalue weighted by molar-refractivity contribution is -0.139. The molecule has 0 radical (unpaired) electrons. The number of hydrogen-bond donors (Lipinski definition) is 2. The van der Waals surface area contributed by atoms with Crippen LogP contribution in [-0.2, 0) is 9.53 Å². The summed E-state index contributed by atoms with van der Waals surface area (Å²) in [5.41, 5.74) is 3.17. The van der Waals surface area contributed by atoms with E-state index in [0.29, 0.717) is 17.0 Å². The number of aromatic nitrogens is 2. The third kappa shape index (κ3) is 3.35. The highest BCUT2D eigenvalue weighted by atomic mass is 16.5. The fourth-order valence-electron chi connectivity index (χ4n) is 2.78. The normalized spacial score (nSPS) is 10.8. The molecule has 2 aromatic carbocycles. The van der Waals surface area contributed by atoms with Crippen LogP contribution >= 0.6 is 0 Å². The van der Waals surface area contributed by atoms with Gasteiger partial charge in [0.1, 0.15) is 24.0 Å². The minimum Gasteiger partial charge on any atom is -0.468 e. The Hall–Kier alpha value is -3.94. The predicted octanol–water partition coefficient (Wildman–Crippen LogP) is 3.02. The highest BCUT2D eigenvalue weighted by Crippen LogP contribution is 2.31. The number of benzene rings is 2. The van der Waals surface area contributed by atoms with Gasteiger partial charge >= 0.3 is 5.97 Å². The minimum absolute atomic E-state index is 0.180. The quantitative estimate of drug-likeness (QED) is 0.516. The summed E-state index contributed by atoms with van der Waals surface area (Å²) in [7, 11) is 1.26. The standard InChI is InChI=1S/C20H16N4O4/c1-27-16(25)10-21-20(26)12-6-8-13(9-7-12)24-19-18-17(22-11-23-19)14-4-2-3-5-15(14)28-18/h2-9,11H,10H2,1H3,(H,21,26)(H,22,23,24). The number of hydrogen-bond acceptors (Lipinski definition) is 7. The summed E-state index contributed by atoms with van der Waals surface area (Å²) in [5, 5.41) is 6.59. The van der Waals surface area contributed by atoms with Crippen molar-refractivity contribution in [3.8, 4) is 0 Å². The number of rotatable bonds is 5. The summed E-state index contributed by atoms with van der Waals surface area (Å²) in [4.78, 5) is 31.7. The molecule has 0 aliphatic carbocycles. The van der Waals surface area contributed by atoms with Crippen LogP contribution in [0.25, 0.3) is 22.1 Å². The van der Waals surface area contributed by atoms with Crippen molar-refractivity contribution in [1.82, 2.24) is 15.3 Å². The fraction of sp³-hybridized carbons (Fsp3) is 0.100. The van der Waals surface area contributed by atoms with Crippen molar-refractivity contribution in [3.63, 3.8) is 0 Å². The lowest BCUT2D eigenvalue weighted by Crippen LogP contribution is -2.30. The molecule has 8 heteroatoms. The molecule has 0 aliphatic rings. The number of methoxy groups -OCH3 is 1. The molecule has 0 unspecified atom stereocenters. The van der Waals surface area contributed by atoms with Gasteiger partial charge in [-0.2, -0.15) is 0 Å². The van der Waals surface area contributed by atoms with Gasteiger partial charge in [0, 0.05) is 16.6 Å². The number of carbonyl (C=O) groups is 2. The molecule has 0 spiro atoms. The number of anilines is 2. The van der Waals surface area contributed by atoms with Crippen LogP contribution in [0.1, 0.15) is 10.4 Å². The Kier molecular flexibility index (Phi) is 4.59. The van der Waals surface area contributed by atoms with Gasteiger partial charge in [-0.05, 0) is 36.4 Å². The van der Waals surface area contributed by atoms with Gasteiger partial charge in [0.25, 0.3) is 5.91 Å². The van der Waals surface area contributed by atoms with Crippen LogP contribution in [0.4, 0.5) is 11.5 Å². The van der Waals surface area contributed by atoms with E-state index >= 15 is 0 Å². The van der Waals surface area contributed by atoms with E-state index in [1.54, 1.807) is 24.3 Å². The van der Waals surface area contributed by atoms with Crippen molar-refractivity contribution in [2.24, 2.45) is 0 Å². The van der Waals surface area contributed by atoms with E-state index < -0.39 is 5.97 Å². The number of fused-ring (bicyclic) bond motifs is 3. The average molecular weight is 376 g/mol. The van der Waals surface area contributed by atoms with E-state index in [2.05, 4.69) is 25.3 Å². The molecule has 0 saturated carbocycles. The number of esters is 1. The molecule has 0 aliphatic heterocycles. The third-order valence-corrected chi connectivity index (χ3v) is 4.19. The van der Waals surface area contributed by atoms with Crippen molar-refractivity contribution in [2.75, 3.05) is 19.0 Å². The Morgan fingerprint density at radius 1 is 1.07 bits per heavy atom. The maximum absolute atomic E-state index is 12.0. The second-order valence-corrected chi connectivity index (χ2v) is 5.96. The third-order valence-electron chi connectivity index (χ3n) is 4.19. The zero-order chi connectivity index (χ0) is 19.5. The topological polar surface area (TPSA) is 106 Å². The lowest BCUT2D eigenvalue weighted by Gasteiger charge is -2.07. The van der Waals surface area contributed by atoms with Crippen molar-refractivity contribution in [1.29, 1.82) is 0 Å². The highest BCUT2D eigenvalue weighted by molar-refractivity contribution is 6.05. The predicted molar refractivity (Wildman–Crippen MR) is 103 cm³/mol. The number of amides is 1. The molecule has 2 aromatic heterocycles. The Morgan fingerprint density at radius 2 is 1.86 bits per heavy atom. The smallest absolute Gasteiger partial charge is 0.325 e. The van der Waals surface area contributed by atoms with Crippen LogP contribution in [0.5, 0.6) is 0 Å². The monoisotopic (exact) mass is 376 g/mol. The van der Waals surface area contributed by atoms with Crippen LogP contribution in [-0.4, -0.2) is 35.5 Å². The molecule has 28 heavy (non-hydrogen) atoms. The molecule has 4 aromatic rings. The number of carbonyl (C=O) groups excluding carboxylic acids is 2.